The Balaban J connectivity index is 2.27. The molecule has 0 radical (unpaired) electrons. The standard InChI is InChI=1S/C13H13NO4/c1-18-13(17)10-7-8-11(15)14(10)12(16)9-5-3-2-4-6-9/h2-6,10H,7-8H2,1H3/t10-/m0/s1. The number of amides is 2. The number of methoxy groups -OCH3 is 1. The molecule has 5 heteroatoms. The lowest BCUT2D eigenvalue weighted by molar-refractivity contribution is -0.147. The number of rotatable bonds is 2. The molecule has 0 aliphatic carbocycles. The number of hydrogen-bond donors (Lipinski definition) is 0. The summed E-state index contributed by atoms with van der Waals surface area (Å²) in [5, 5.41) is 0. The molecule has 2 amide bonds. The second kappa shape index (κ2) is 5.00. The minimum Gasteiger partial charge on any atom is -0.467 e. The van der Waals surface area contributed by atoms with Gasteiger partial charge in [0.05, 0.1) is 7.11 Å². The fourth-order valence-electron chi connectivity index (χ4n) is 2.02. The van der Waals surface area contributed by atoms with E-state index in [1.807, 2.05) is 0 Å². The van der Waals surface area contributed by atoms with E-state index in [9.17, 15) is 14.4 Å². The first-order valence-corrected chi connectivity index (χ1v) is 5.64. The number of ether oxygens (including phenoxy) is 1. The van der Waals surface area contributed by atoms with Gasteiger partial charge >= 0.3 is 5.97 Å². The summed E-state index contributed by atoms with van der Waals surface area (Å²) in [6.07, 6.45) is 0.516. The lowest BCUT2D eigenvalue weighted by Crippen LogP contribution is -2.43. The molecule has 1 aliphatic rings. The van der Waals surface area contributed by atoms with Crippen LogP contribution in [0.1, 0.15) is 23.2 Å². The average Bonchev–Trinajstić information content (AvgIpc) is 2.80. The van der Waals surface area contributed by atoms with E-state index in [0.717, 1.165) is 4.90 Å². The molecule has 0 spiro atoms. The zero-order valence-electron chi connectivity index (χ0n) is 9.96. The minimum absolute atomic E-state index is 0.193. The van der Waals surface area contributed by atoms with Gasteiger partial charge in [0.15, 0.2) is 0 Å². The van der Waals surface area contributed by atoms with Crippen LogP contribution in [0.5, 0.6) is 0 Å². The second-order valence-corrected chi connectivity index (χ2v) is 4.01. The van der Waals surface area contributed by atoms with Crippen molar-refractivity contribution < 1.29 is 19.1 Å². The molecule has 94 valence electrons. The van der Waals surface area contributed by atoms with Crippen LogP contribution in [0.15, 0.2) is 30.3 Å². The van der Waals surface area contributed by atoms with Crippen molar-refractivity contribution in [1.29, 1.82) is 0 Å². The van der Waals surface area contributed by atoms with Crippen LogP contribution in [0.3, 0.4) is 0 Å². The third-order valence-corrected chi connectivity index (χ3v) is 2.92. The van der Waals surface area contributed by atoms with Gasteiger partial charge in [0, 0.05) is 12.0 Å². The lowest BCUT2D eigenvalue weighted by Gasteiger charge is -2.20. The van der Waals surface area contributed by atoms with Crippen LogP contribution in [0.4, 0.5) is 0 Å². The van der Waals surface area contributed by atoms with E-state index in [1.165, 1.54) is 7.11 Å². The summed E-state index contributed by atoms with van der Waals surface area (Å²) in [7, 11) is 1.25. The number of carbonyl (C=O) groups excluding carboxylic acids is 3. The van der Waals surface area contributed by atoms with Crippen LogP contribution < -0.4 is 0 Å². The van der Waals surface area contributed by atoms with Crippen LogP contribution in [0.25, 0.3) is 0 Å². The van der Waals surface area contributed by atoms with E-state index in [0.29, 0.717) is 12.0 Å². The molecule has 0 unspecified atom stereocenters. The summed E-state index contributed by atoms with van der Waals surface area (Å²) in [5.74, 6) is -1.34. The van der Waals surface area contributed by atoms with Crippen molar-refractivity contribution in [2.24, 2.45) is 0 Å². The summed E-state index contributed by atoms with van der Waals surface area (Å²) in [5.41, 5.74) is 0.390. The van der Waals surface area contributed by atoms with Crippen LogP contribution in [0.2, 0.25) is 0 Å². The largest absolute Gasteiger partial charge is 0.467 e. The van der Waals surface area contributed by atoms with Crippen molar-refractivity contribution in [2.45, 2.75) is 18.9 Å². The molecular formula is C13H13NO4. The molecule has 1 heterocycles. The third-order valence-electron chi connectivity index (χ3n) is 2.92. The van der Waals surface area contributed by atoms with Crippen LogP contribution in [0, 0.1) is 0 Å². The molecule has 1 saturated heterocycles. The second-order valence-electron chi connectivity index (χ2n) is 4.01. The van der Waals surface area contributed by atoms with Crippen molar-refractivity contribution in [2.75, 3.05) is 7.11 Å². The fourth-order valence-corrected chi connectivity index (χ4v) is 2.02. The van der Waals surface area contributed by atoms with Crippen molar-refractivity contribution >= 4 is 17.8 Å². The van der Waals surface area contributed by atoms with Gasteiger partial charge in [-0.1, -0.05) is 18.2 Å². The van der Waals surface area contributed by atoms with Gasteiger partial charge in [0.1, 0.15) is 6.04 Å². The molecule has 2 rings (SSSR count). The highest BCUT2D eigenvalue weighted by Crippen LogP contribution is 2.22. The van der Waals surface area contributed by atoms with Crippen LogP contribution >= 0.6 is 0 Å². The molecule has 5 nitrogen and oxygen atoms in total. The number of likely N-dealkylation sites (tertiary alicyclic amines) is 1. The molecule has 0 saturated carbocycles. The SMILES string of the molecule is COC(=O)[C@@H]1CCC(=O)N1C(=O)c1ccccc1. The summed E-state index contributed by atoms with van der Waals surface area (Å²) in [6.45, 7) is 0. The van der Waals surface area contributed by atoms with Gasteiger partial charge in [-0.25, -0.2) is 4.79 Å². The molecule has 1 aromatic rings. The van der Waals surface area contributed by atoms with E-state index < -0.39 is 17.9 Å². The molecule has 0 N–H and O–H groups in total. The molecule has 1 atom stereocenters. The van der Waals surface area contributed by atoms with Gasteiger partial charge in [-0.2, -0.15) is 0 Å². The van der Waals surface area contributed by atoms with Crippen molar-refractivity contribution in [3.8, 4) is 0 Å². The van der Waals surface area contributed by atoms with Crippen molar-refractivity contribution in [1.82, 2.24) is 4.90 Å². The molecule has 0 aromatic heterocycles. The Bertz CT molecular complexity index is 483. The normalized spacial score (nSPS) is 18.8. The maximum absolute atomic E-state index is 12.2. The minimum atomic E-state index is -0.796. The van der Waals surface area contributed by atoms with Gasteiger partial charge in [-0.3, -0.25) is 14.5 Å². The van der Waals surface area contributed by atoms with E-state index in [4.69, 9.17) is 0 Å². The Hall–Kier alpha value is -2.17. The number of carbonyl (C=O) groups is 3. The first-order valence-electron chi connectivity index (χ1n) is 5.64. The number of nitrogens with zero attached hydrogens (tertiary/aromatic N) is 1. The van der Waals surface area contributed by atoms with Crippen LogP contribution in [-0.2, 0) is 14.3 Å². The molecule has 0 bridgehead atoms. The predicted molar refractivity (Wildman–Crippen MR) is 62.7 cm³/mol. The van der Waals surface area contributed by atoms with E-state index in [-0.39, 0.29) is 12.3 Å². The molecule has 1 aliphatic heterocycles. The quantitative estimate of drug-likeness (QED) is 0.577. The van der Waals surface area contributed by atoms with Crippen molar-refractivity contribution in [3.05, 3.63) is 35.9 Å². The van der Waals surface area contributed by atoms with E-state index in [2.05, 4.69) is 4.74 Å². The maximum Gasteiger partial charge on any atom is 0.329 e. The highest BCUT2D eigenvalue weighted by molar-refractivity contribution is 6.08. The van der Waals surface area contributed by atoms with Crippen molar-refractivity contribution in [3.63, 3.8) is 0 Å². The zero-order chi connectivity index (χ0) is 13.1. The number of benzene rings is 1. The summed E-state index contributed by atoms with van der Waals surface area (Å²) < 4.78 is 4.61. The Morgan fingerprint density at radius 3 is 2.56 bits per heavy atom. The number of esters is 1. The fraction of sp³-hybridized carbons (Fsp3) is 0.308. The Morgan fingerprint density at radius 2 is 1.94 bits per heavy atom. The Labute approximate surface area is 104 Å². The lowest BCUT2D eigenvalue weighted by atomic mass is 10.1. The highest BCUT2D eigenvalue weighted by atomic mass is 16.5. The Morgan fingerprint density at radius 1 is 1.28 bits per heavy atom. The number of imide groups is 1. The summed E-state index contributed by atoms with van der Waals surface area (Å²) >= 11 is 0. The predicted octanol–water partition coefficient (Wildman–Crippen LogP) is 0.991. The first-order chi connectivity index (χ1) is 8.65. The Kier molecular flexibility index (Phi) is 3.41. The van der Waals surface area contributed by atoms with E-state index in [1.54, 1.807) is 30.3 Å². The maximum atomic E-state index is 12.2. The zero-order valence-corrected chi connectivity index (χ0v) is 9.96. The van der Waals surface area contributed by atoms with Gasteiger partial charge in [-0.05, 0) is 18.6 Å². The highest BCUT2D eigenvalue weighted by Gasteiger charge is 2.41. The topological polar surface area (TPSA) is 63.7 Å². The molecular weight excluding hydrogens is 234 g/mol. The molecule has 1 aromatic carbocycles. The smallest absolute Gasteiger partial charge is 0.329 e. The average molecular weight is 247 g/mol. The van der Waals surface area contributed by atoms with Gasteiger partial charge in [0.25, 0.3) is 5.91 Å². The van der Waals surface area contributed by atoms with Crippen LogP contribution in [-0.4, -0.2) is 35.8 Å². The number of hydrogen-bond acceptors (Lipinski definition) is 4. The summed E-state index contributed by atoms with van der Waals surface area (Å²) in [6, 6.07) is 7.63. The third kappa shape index (κ3) is 2.11. The van der Waals surface area contributed by atoms with Gasteiger partial charge < -0.3 is 4.74 Å². The first kappa shape index (κ1) is 12.3. The monoisotopic (exact) mass is 247 g/mol. The molecule has 1 fully saturated rings. The molecule has 18 heavy (non-hydrogen) atoms. The van der Waals surface area contributed by atoms with Gasteiger partial charge in [-0.15, -0.1) is 0 Å². The van der Waals surface area contributed by atoms with E-state index >= 15 is 0 Å². The van der Waals surface area contributed by atoms with Gasteiger partial charge in [0.2, 0.25) is 5.91 Å². The summed E-state index contributed by atoms with van der Waals surface area (Å²) in [4.78, 5) is 36.4.